The van der Waals surface area contributed by atoms with Crippen LogP contribution in [0.5, 0.6) is 0 Å². The number of anilines is 1. The molecule has 1 aromatic heterocycles. The van der Waals surface area contributed by atoms with Gasteiger partial charge < -0.3 is 4.90 Å². The fourth-order valence-electron chi connectivity index (χ4n) is 1.42. The van der Waals surface area contributed by atoms with Gasteiger partial charge >= 0.3 is 6.18 Å². The van der Waals surface area contributed by atoms with Gasteiger partial charge in [-0.05, 0) is 13.0 Å². The van der Waals surface area contributed by atoms with E-state index < -0.39 is 27.7 Å². The quantitative estimate of drug-likeness (QED) is 0.840. The van der Waals surface area contributed by atoms with E-state index in [0.29, 0.717) is 0 Å². The number of sulfone groups is 1. The molecule has 19 heavy (non-hydrogen) atoms. The zero-order chi connectivity index (χ0) is 14.8. The summed E-state index contributed by atoms with van der Waals surface area (Å²) < 4.78 is 59.8. The fraction of sp³-hybridized carbons (Fsp3) is 0.600. The Bertz CT molecular complexity index is 545. The first kappa shape index (κ1) is 15.7. The van der Waals surface area contributed by atoms with E-state index in [1.165, 1.54) is 11.9 Å². The summed E-state index contributed by atoms with van der Waals surface area (Å²) in [5, 5.41) is 0. The number of alkyl halides is 3. The van der Waals surface area contributed by atoms with E-state index >= 15 is 0 Å². The lowest BCUT2D eigenvalue weighted by atomic mass is 10.3. The molecule has 0 aliphatic carbocycles. The van der Waals surface area contributed by atoms with Crippen LogP contribution in [0.15, 0.2) is 12.3 Å². The van der Waals surface area contributed by atoms with E-state index in [1.54, 1.807) is 6.92 Å². The van der Waals surface area contributed by atoms with E-state index in [4.69, 9.17) is 0 Å². The Labute approximate surface area is 109 Å². The van der Waals surface area contributed by atoms with Gasteiger partial charge in [-0.2, -0.15) is 13.2 Å². The van der Waals surface area contributed by atoms with Crippen LogP contribution in [-0.2, 0) is 16.0 Å². The molecule has 0 aliphatic heterocycles. The van der Waals surface area contributed by atoms with Gasteiger partial charge in [-0.1, -0.05) is 0 Å². The highest BCUT2D eigenvalue weighted by atomic mass is 32.2. The van der Waals surface area contributed by atoms with Gasteiger partial charge in [-0.25, -0.2) is 18.4 Å². The molecule has 0 amide bonds. The van der Waals surface area contributed by atoms with E-state index in [0.717, 1.165) is 18.5 Å². The Balaban J connectivity index is 2.97. The number of hydrogen-bond acceptors (Lipinski definition) is 5. The molecule has 5 nitrogen and oxygen atoms in total. The van der Waals surface area contributed by atoms with Gasteiger partial charge in [0.2, 0.25) is 5.95 Å². The molecular formula is C10H14F3N3O2S. The largest absolute Gasteiger partial charge is 0.433 e. The molecule has 9 heteroatoms. The van der Waals surface area contributed by atoms with E-state index in [2.05, 4.69) is 9.97 Å². The maximum atomic E-state index is 12.5. The van der Waals surface area contributed by atoms with E-state index in [9.17, 15) is 21.6 Å². The molecule has 0 bridgehead atoms. The molecule has 1 heterocycles. The summed E-state index contributed by atoms with van der Waals surface area (Å²) in [6, 6.07) is 0.233. The number of hydrogen-bond donors (Lipinski definition) is 0. The van der Waals surface area contributed by atoms with Crippen molar-refractivity contribution in [1.82, 2.24) is 9.97 Å². The van der Waals surface area contributed by atoms with Crippen molar-refractivity contribution in [2.45, 2.75) is 19.1 Å². The van der Waals surface area contributed by atoms with Crippen molar-refractivity contribution in [3.8, 4) is 0 Å². The minimum Gasteiger partial charge on any atom is -0.340 e. The third kappa shape index (κ3) is 4.66. The SMILES string of the molecule is CC(CS(C)(=O)=O)N(C)c1nccc(C(F)(F)F)n1. The second kappa shape index (κ2) is 5.32. The summed E-state index contributed by atoms with van der Waals surface area (Å²) in [6.45, 7) is 1.57. The van der Waals surface area contributed by atoms with Crippen LogP contribution in [0.2, 0.25) is 0 Å². The van der Waals surface area contributed by atoms with Crippen LogP contribution < -0.4 is 4.90 Å². The van der Waals surface area contributed by atoms with Crippen LogP contribution in [-0.4, -0.2) is 43.5 Å². The van der Waals surface area contributed by atoms with Crippen molar-refractivity contribution in [3.63, 3.8) is 0 Å². The summed E-state index contributed by atoms with van der Waals surface area (Å²) in [5.74, 6) is -0.352. The van der Waals surface area contributed by atoms with Crippen LogP contribution in [0.25, 0.3) is 0 Å². The molecule has 0 radical (unpaired) electrons. The summed E-state index contributed by atoms with van der Waals surface area (Å²) in [5.41, 5.74) is -1.06. The Kier molecular flexibility index (Phi) is 4.39. The number of rotatable bonds is 4. The monoisotopic (exact) mass is 297 g/mol. The second-order valence-electron chi connectivity index (χ2n) is 4.29. The first-order valence-electron chi connectivity index (χ1n) is 5.31. The summed E-state index contributed by atoms with van der Waals surface area (Å²) in [7, 11) is -1.78. The van der Waals surface area contributed by atoms with Crippen molar-refractivity contribution < 1.29 is 21.6 Å². The molecule has 0 aliphatic rings. The molecule has 1 aromatic rings. The molecule has 0 saturated heterocycles. The van der Waals surface area contributed by atoms with Crippen LogP contribution in [0.3, 0.4) is 0 Å². The van der Waals surface area contributed by atoms with Gasteiger partial charge in [0.15, 0.2) is 0 Å². The van der Waals surface area contributed by atoms with Gasteiger partial charge in [0.1, 0.15) is 15.5 Å². The summed E-state index contributed by atoms with van der Waals surface area (Å²) >= 11 is 0. The summed E-state index contributed by atoms with van der Waals surface area (Å²) in [6.07, 6.45) is -2.50. The van der Waals surface area contributed by atoms with Gasteiger partial charge in [0, 0.05) is 25.5 Å². The molecule has 0 N–H and O–H groups in total. The van der Waals surface area contributed by atoms with Gasteiger partial charge in [-0.3, -0.25) is 0 Å². The van der Waals surface area contributed by atoms with Crippen LogP contribution >= 0.6 is 0 Å². The Morgan fingerprint density at radius 3 is 2.47 bits per heavy atom. The topological polar surface area (TPSA) is 63.2 Å². The van der Waals surface area contributed by atoms with Gasteiger partial charge in [0.25, 0.3) is 0 Å². The maximum absolute atomic E-state index is 12.5. The van der Waals surface area contributed by atoms with Crippen molar-refractivity contribution >= 4 is 15.8 Å². The standard InChI is InChI=1S/C10H14F3N3O2S/c1-7(6-19(3,17)18)16(2)9-14-5-4-8(15-9)10(11,12)13/h4-5,7H,6H2,1-3H3. The first-order chi connectivity index (χ1) is 8.50. The van der Waals surface area contributed by atoms with Gasteiger partial charge in [0.05, 0.1) is 5.75 Å². The molecule has 0 fully saturated rings. The zero-order valence-corrected chi connectivity index (χ0v) is 11.5. The highest BCUT2D eigenvalue weighted by molar-refractivity contribution is 7.90. The highest BCUT2D eigenvalue weighted by Gasteiger charge is 2.33. The van der Waals surface area contributed by atoms with Crippen molar-refractivity contribution in [3.05, 3.63) is 18.0 Å². The maximum Gasteiger partial charge on any atom is 0.433 e. The third-order valence-corrected chi connectivity index (χ3v) is 3.54. The average molecular weight is 297 g/mol. The van der Waals surface area contributed by atoms with Crippen molar-refractivity contribution in [2.75, 3.05) is 24.0 Å². The third-order valence-electron chi connectivity index (χ3n) is 2.45. The number of aromatic nitrogens is 2. The average Bonchev–Trinajstić information content (AvgIpc) is 2.24. The second-order valence-corrected chi connectivity index (χ2v) is 6.48. The van der Waals surface area contributed by atoms with Gasteiger partial charge in [-0.15, -0.1) is 0 Å². The number of halogens is 3. The molecule has 108 valence electrons. The molecule has 0 spiro atoms. The first-order valence-corrected chi connectivity index (χ1v) is 7.37. The van der Waals surface area contributed by atoms with Crippen LogP contribution in [0, 0.1) is 0 Å². The Hall–Kier alpha value is -1.38. The Morgan fingerprint density at radius 1 is 1.42 bits per heavy atom. The van der Waals surface area contributed by atoms with Crippen molar-refractivity contribution in [2.24, 2.45) is 0 Å². The molecule has 0 aromatic carbocycles. The molecule has 1 unspecified atom stereocenters. The lowest BCUT2D eigenvalue weighted by Gasteiger charge is -2.24. The van der Waals surface area contributed by atoms with E-state index in [-0.39, 0.29) is 11.7 Å². The molecule has 0 saturated carbocycles. The predicted molar refractivity (Wildman–Crippen MR) is 64.6 cm³/mol. The minimum atomic E-state index is -4.56. The summed E-state index contributed by atoms with van der Waals surface area (Å²) in [4.78, 5) is 8.42. The number of nitrogens with zero attached hydrogens (tertiary/aromatic N) is 3. The zero-order valence-electron chi connectivity index (χ0n) is 10.6. The van der Waals surface area contributed by atoms with E-state index in [1.807, 2.05) is 0 Å². The van der Waals surface area contributed by atoms with Crippen molar-refractivity contribution in [1.29, 1.82) is 0 Å². The van der Waals surface area contributed by atoms with Crippen LogP contribution in [0.4, 0.5) is 19.1 Å². The predicted octanol–water partition coefficient (Wildman–Crippen LogP) is 1.36. The minimum absolute atomic E-state index is 0.161. The lowest BCUT2D eigenvalue weighted by molar-refractivity contribution is -0.141. The lowest BCUT2D eigenvalue weighted by Crippen LogP contribution is -2.36. The fourth-order valence-corrected chi connectivity index (χ4v) is 2.52. The Morgan fingerprint density at radius 2 is 2.00 bits per heavy atom. The molecular weight excluding hydrogens is 283 g/mol. The molecule has 1 rings (SSSR count). The normalized spacial score (nSPS) is 14.2. The van der Waals surface area contributed by atoms with Crippen LogP contribution in [0.1, 0.15) is 12.6 Å². The smallest absolute Gasteiger partial charge is 0.340 e. The molecule has 1 atom stereocenters. The highest BCUT2D eigenvalue weighted by Crippen LogP contribution is 2.28.